The van der Waals surface area contributed by atoms with Gasteiger partial charge in [0, 0.05) is 56.8 Å². The molecule has 0 aromatic carbocycles. The van der Waals surface area contributed by atoms with Crippen molar-refractivity contribution in [2.24, 2.45) is 5.92 Å². The van der Waals surface area contributed by atoms with E-state index in [0.717, 1.165) is 50.4 Å². The Morgan fingerprint density at radius 1 is 1.24 bits per heavy atom. The predicted molar refractivity (Wildman–Crippen MR) is 96.1 cm³/mol. The van der Waals surface area contributed by atoms with E-state index >= 15 is 0 Å². The number of hydrogen-bond acceptors (Lipinski definition) is 3. The fraction of sp³-hybridized carbons (Fsp3) is 0.550. The number of carbonyl (C=O) groups excluding carboxylic acids is 1. The van der Waals surface area contributed by atoms with Crippen LogP contribution in [-0.4, -0.2) is 38.4 Å². The number of amides is 1. The number of imidazole rings is 1. The lowest BCUT2D eigenvalue weighted by Crippen LogP contribution is -2.39. The Labute approximate surface area is 149 Å². The predicted octanol–water partition coefficient (Wildman–Crippen LogP) is 3.03. The van der Waals surface area contributed by atoms with Gasteiger partial charge in [-0.05, 0) is 49.7 Å². The third kappa shape index (κ3) is 4.09. The summed E-state index contributed by atoms with van der Waals surface area (Å²) in [6.07, 6.45) is 13.9. The van der Waals surface area contributed by atoms with Gasteiger partial charge in [0.15, 0.2) is 0 Å². The van der Waals surface area contributed by atoms with E-state index in [4.69, 9.17) is 0 Å². The van der Waals surface area contributed by atoms with Crippen molar-refractivity contribution in [3.63, 3.8) is 0 Å². The van der Waals surface area contributed by atoms with Gasteiger partial charge in [-0.25, -0.2) is 4.98 Å². The van der Waals surface area contributed by atoms with Crippen LogP contribution in [0.2, 0.25) is 0 Å². The van der Waals surface area contributed by atoms with Crippen LogP contribution in [0.5, 0.6) is 0 Å². The summed E-state index contributed by atoms with van der Waals surface area (Å²) in [4.78, 5) is 23.4. The molecule has 1 unspecified atom stereocenters. The largest absolute Gasteiger partial charge is 0.342 e. The summed E-state index contributed by atoms with van der Waals surface area (Å²) in [6.45, 7) is 2.79. The first-order valence-electron chi connectivity index (χ1n) is 9.47. The Bertz CT molecular complexity index is 707. The lowest BCUT2D eigenvalue weighted by Gasteiger charge is -2.33. The molecule has 1 saturated heterocycles. The highest BCUT2D eigenvalue weighted by Gasteiger charge is 2.29. The Balaban J connectivity index is 1.35. The van der Waals surface area contributed by atoms with Crippen molar-refractivity contribution in [1.82, 2.24) is 19.4 Å². The molecular formula is C20H26N4O. The van der Waals surface area contributed by atoms with Gasteiger partial charge in [-0.3, -0.25) is 9.78 Å². The first-order valence-corrected chi connectivity index (χ1v) is 9.47. The van der Waals surface area contributed by atoms with E-state index < -0.39 is 0 Å². The number of likely N-dealkylation sites (tertiary alicyclic amines) is 1. The van der Waals surface area contributed by atoms with Crippen LogP contribution in [0, 0.1) is 5.92 Å². The van der Waals surface area contributed by atoms with Crippen molar-refractivity contribution in [3.8, 4) is 0 Å². The molecule has 1 aliphatic carbocycles. The first kappa shape index (κ1) is 16.3. The number of nitrogens with zero attached hydrogens (tertiary/aromatic N) is 4. The minimum Gasteiger partial charge on any atom is -0.342 e. The molecular weight excluding hydrogens is 312 g/mol. The fourth-order valence-corrected chi connectivity index (χ4v) is 3.78. The van der Waals surface area contributed by atoms with E-state index in [-0.39, 0.29) is 5.91 Å². The molecule has 0 spiro atoms. The van der Waals surface area contributed by atoms with E-state index in [2.05, 4.69) is 20.7 Å². The Morgan fingerprint density at radius 3 is 2.96 bits per heavy atom. The van der Waals surface area contributed by atoms with Crippen LogP contribution in [0.1, 0.15) is 49.4 Å². The maximum absolute atomic E-state index is 12.6. The summed E-state index contributed by atoms with van der Waals surface area (Å²) in [6, 6.07) is 3.96. The second-order valence-electron chi connectivity index (χ2n) is 7.42. The lowest BCUT2D eigenvalue weighted by molar-refractivity contribution is -0.132. The average Bonchev–Trinajstić information content (AvgIpc) is 3.35. The summed E-state index contributed by atoms with van der Waals surface area (Å²) in [5.74, 6) is 2.66. The molecule has 5 nitrogen and oxygen atoms in total. The minimum absolute atomic E-state index is 0.258. The lowest BCUT2D eigenvalue weighted by atomic mass is 9.96. The summed E-state index contributed by atoms with van der Waals surface area (Å²) < 4.78 is 2.33. The molecule has 1 atom stereocenters. The zero-order valence-electron chi connectivity index (χ0n) is 14.7. The number of pyridine rings is 1. The zero-order valence-corrected chi connectivity index (χ0v) is 14.7. The van der Waals surface area contributed by atoms with Crippen molar-refractivity contribution in [1.29, 1.82) is 0 Å². The molecule has 25 heavy (non-hydrogen) atoms. The van der Waals surface area contributed by atoms with Crippen LogP contribution in [0.4, 0.5) is 0 Å². The topological polar surface area (TPSA) is 51.0 Å². The highest BCUT2D eigenvalue weighted by Crippen LogP contribution is 2.33. The normalized spacial score (nSPS) is 20.6. The van der Waals surface area contributed by atoms with Gasteiger partial charge in [0.2, 0.25) is 5.91 Å². The molecule has 0 radical (unpaired) electrons. The van der Waals surface area contributed by atoms with Crippen LogP contribution in [0.3, 0.4) is 0 Å². The monoisotopic (exact) mass is 338 g/mol. The van der Waals surface area contributed by atoms with E-state index in [9.17, 15) is 4.79 Å². The fourth-order valence-electron chi connectivity index (χ4n) is 3.78. The van der Waals surface area contributed by atoms with Gasteiger partial charge in [0.1, 0.15) is 5.82 Å². The van der Waals surface area contributed by atoms with Crippen molar-refractivity contribution in [2.75, 3.05) is 13.1 Å². The van der Waals surface area contributed by atoms with E-state index in [1.54, 1.807) is 6.20 Å². The Morgan fingerprint density at radius 2 is 2.16 bits per heavy atom. The first-order chi connectivity index (χ1) is 12.3. The maximum Gasteiger partial charge on any atom is 0.222 e. The number of piperidine rings is 1. The minimum atomic E-state index is 0.258. The molecule has 0 N–H and O–H groups in total. The van der Waals surface area contributed by atoms with Crippen molar-refractivity contribution < 1.29 is 4.79 Å². The number of aryl methyl sites for hydroxylation is 1. The number of carbonyl (C=O) groups is 1. The molecule has 1 saturated carbocycles. The smallest absolute Gasteiger partial charge is 0.222 e. The molecule has 2 fully saturated rings. The highest BCUT2D eigenvalue weighted by atomic mass is 16.2. The van der Waals surface area contributed by atoms with Crippen molar-refractivity contribution in [2.45, 2.75) is 51.0 Å². The second-order valence-corrected chi connectivity index (χ2v) is 7.42. The van der Waals surface area contributed by atoms with Gasteiger partial charge in [0.25, 0.3) is 0 Å². The standard InChI is InChI=1S/C20H26N4O/c25-19(8-7-16-3-1-9-21-13-16)23-11-2-4-18(15-23)20-22-10-12-24(20)14-17-5-6-17/h1,3,9-10,12-13,17-18H,2,4-8,11,14-15H2. The number of rotatable bonds is 6. The second kappa shape index (κ2) is 7.38. The van der Waals surface area contributed by atoms with Crippen molar-refractivity contribution in [3.05, 3.63) is 48.3 Å². The number of hydrogen-bond donors (Lipinski definition) is 0. The molecule has 2 aromatic heterocycles. The molecule has 1 aliphatic heterocycles. The molecule has 4 rings (SSSR count). The quantitative estimate of drug-likeness (QED) is 0.813. The molecule has 0 bridgehead atoms. The third-order valence-corrected chi connectivity index (χ3v) is 5.39. The van der Waals surface area contributed by atoms with Gasteiger partial charge < -0.3 is 9.47 Å². The van der Waals surface area contributed by atoms with Gasteiger partial charge in [-0.1, -0.05) is 6.07 Å². The summed E-state index contributed by atoms with van der Waals surface area (Å²) in [5, 5.41) is 0. The van der Waals surface area contributed by atoms with Crippen LogP contribution in [0.25, 0.3) is 0 Å². The molecule has 3 heterocycles. The molecule has 2 aliphatic rings. The summed E-state index contributed by atoms with van der Waals surface area (Å²) in [5.41, 5.74) is 1.13. The van der Waals surface area contributed by atoms with Gasteiger partial charge in [0.05, 0.1) is 0 Å². The molecule has 1 amide bonds. The molecule has 5 heteroatoms. The summed E-state index contributed by atoms with van der Waals surface area (Å²) in [7, 11) is 0. The SMILES string of the molecule is O=C(CCc1cccnc1)N1CCCC(c2nccn2CC2CC2)C1. The molecule has 132 valence electrons. The van der Waals surface area contributed by atoms with Gasteiger partial charge in [-0.15, -0.1) is 0 Å². The van der Waals surface area contributed by atoms with E-state index in [1.165, 1.54) is 18.7 Å². The third-order valence-electron chi connectivity index (χ3n) is 5.39. The average molecular weight is 338 g/mol. The summed E-state index contributed by atoms with van der Waals surface area (Å²) >= 11 is 0. The number of aromatic nitrogens is 3. The van der Waals surface area contributed by atoms with Crippen LogP contribution in [-0.2, 0) is 17.8 Å². The Kier molecular flexibility index (Phi) is 4.81. The Hall–Kier alpha value is -2.17. The van der Waals surface area contributed by atoms with Crippen molar-refractivity contribution >= 4 is 5.91 Å². The van der Waals surface area contributed by atoms with Crippen LogP contribution >= 0.6 is 0 Å². The van der Waals surface area contributed by atoms with E-state index in [0.29, 0.717) is 12.3 Å². The van der Waals surface area contributed by atoms with Crippen LogP contribution in [0.15, 0.2) is 36.9 Å². The highest BCUT2D eigenvalue weighted by molar-refractivity contribution is 5.76. The molecule has 2 aromatic rings. The zero-order chi connectivity index (χ0) is 17.1. The van der Waals surface area contributed by atoms with Gasteiger partial charge >= 0.3 is 0 Å². The van der Waals surface area contributed by atoms with E-state index in [1.807, 2.05) is 29.4 Å². The maximum atomic E-state index is 12.6. The van der Waals surface area contributed by atoms with Gasteiger partial charge in [-0.2, -0.15) is 0 Å². The van der Waals surface area contributed by atoms with Crippen LogP contribution < -0.4 is 0 Å².